The van der Waals surface area contributed by atoms with E-state index in [9.17, 15) is 4.39 Å². The van der Waals surface area contributed by atoms with E-state index in [1.807, 2.05) is 26.2 Å². The topological polar surface area (TPSA) is 24.5 Å². The minimum atomic E-state index is -0.268. The van der Waals surface area contributed by atoms with Gasteiger partial charge >= 0.3 is 0 Å². The van der Waals surface area contributed by atoms with Crippen LogP contribution < -0.4 is 10.1 Å². The van der Waals surface area contributed by atoms with Crippen LogP contribution >= 0.6 is 0 Å². The summed E-state index contributed by atoms with van der Waals surface area (Å²) in [7, 11) is 5.59. The molecule has 120 valence electrons. The molecule has 0 aliphatic rings. The molecule has 0 spiro atoms. The molecule has 0 heterocycles. The maximum Gasteiger partial charge on any atom is 0.169 e. The van der Waals surface area contributed by atoms with Gasteiger partial charge in [0.25, 0.3) is 0 Å². The van der Waals surface area contributed by atoms with Crippen LogP contribution in [0.3, 0.4) is 0 Å². The van der Waals surface area contributed by atoms with Crippen molar-refractivity contribution in [1.29, 1.82) is 0 Å². The van der Waals surface area contributed by atoms with Crippen LogP contribution in [0, 0.1) is 5.82 Å². The van der Waals surface area contributed by atoms with Crippen LogP contribution in [0.1, 0.15) is 45.2 Å². The minimum absolute atomic E-state index is 0.0902. The predicted octanol–water partition coefficient (Wildman–Crippen LogP) is 3.61. The van der Waals surface area contributed by atoms with Crippen molar-refractivity contribution >= 4 is 0 Å². The zero-order valence-electron chi connectivity index (χ0n) is 14.2. The van der Waals surface area contributed by atoms with E-state index in [1.54, 1.807) is 6.07 Å². The summed E-state index contributed by atoms with van der Waals surface area (Å²) in [6, 6.07) is 5.27. The number of nitrogens with zero attached hydrogens (tertiary/aromatic N) is 1. The summed E-state index contributed by atoms with van der Waals surface area (Å²) in [6.07, 6.45) is 1.92. The largest absolute Gasteiger partial charge is 0.494 e. The highest BCUT2D eigenvalue weighted by molar-refractivity contribution is 5.34. The first-order valence-corrected chi connectivity index (χ1v) is 7.65. The zero-order chi connectivity index (χ0) is 16.0. The number of nitrogens with one attached hydrogen (secondary N) is 1. The molecule has 0 radical (unpaired) electrons. The van der Waals surface area contributed by atoms with Crippen molar-refractivity contribution in [2.45, 2.75) is 45.2 Å². The first kappa shape index (κ1) is 17.9. The van der Waals surface area contributed by atoms with Crippen LogP contribution in [0.4, 0.5) is 4.39 Å². The van der Waals surface area contributed by atoms with Crippen molar-refractivity contribution in [3.8, 4) is 5.75 Å². The molecule has 2 atom stereocenters. The van der Waals surface area contributed by atoms with E-state index in [4.69, 9.17) is 4.74 Å². The number of ether oxygens (including phenoxy) is 1. The summed E-state index contributed by atoms with van der Waals surface area (Å²) in [4.78, 5) is 2.17. The van der Waals surface area contributed by atoms with Gasteiger partial charge in [0, 0.05) is 11.1 Å². The molecule has 0 aliphatic heterocycles. The molecule has 1 N–H and O–H groups in total. The fourth-order valence-electron chi connectivity index (χ4n) is 2.64. The summed E-state index contributed by atoms with van der Waals surface area (Å²) in [5, 5.41) is 3.51. The molecule has 1 rings (SSSR count). The predicted molar refractivity (Wildman–Crippen MR) is 86.4 cm³/mol. The number of likely N-dealkylation sites (N-methyl/N-ethyl adjacent to an activating group) is 1. The second-order valence-electron chi connectivity index (χ2n) is 5.86. The van der Waals surface area contributed by atoms with Crippen LogP contribution in [0.15, 0.2) is 18.2 Å². The molecule has 0 saturated heterocycles. The van der Waals surface area contributed by atoms with E-state index in [0.717, 1.165) is 19.4 Å². The fourth-order valence-corrected chi connectivity index (χ4v) is 2.64. The maximum absolute atomic E-state index is 14.7. The second-order valence-corrected chi connectivity index (χ2v) is 5.86. The van der Waals surface area contributed by atoms with Crippen molar-refractivity contribution < 1.29 is 9.13 Å². The van der Waals surface area contributed by atoms with E-state index in [0.29, 0.717) is 11.3 Å². The van der Waals surface area contributed by atoms with E-state index < -0.39 is 0 Å². The molecular formula is C17H29FN2O. The highest BCUT2D eigenvalue weighted by atomic mass is 19.1. The van der Waals surface area contributed by atoms with E-state index >= 15 is 0 Å². The average molecular weight is 296 g/mol. The summed E-state index contributed by atoms with van der Waals surface area (Å²) in [5.41, 5.74) is 0.489. The van der Waals surface area contributed by atoms with Gasteiger partial charge in [0.2, 0.25) is 0 Å². The summed E-state index contributed by atoms with van der Waals surface area (Å²) >= 11 is 0. The molecule has 1 aromatic carbocycles. The van der Waals surface area contributed by atoms with Gasteiger partial charge < -0.3 is 15.0 Å². The zero-order valence-corrected chi connectivity index (χ0v) is 14.2. The summed E-state index contributed by atoms with van der Waals surface area (Å²) in [5.74, 6) is 0.0307. The lowest BCUT2D eigenvalue weighted by molar-refractivity contribution is 0.110. The lowest BCUT2D eigenvalue weighted by Gasteiger charge is -2.43. The van der Waals surface area contributed by atoms with Crippen molar-refractivity contribution in [1.82, 2.24) is 10.2 Å². The van der Waals surface area contributed by atoms with Gasteiger partial charge in [0.1, 0.15) is 0 Å². The molecule has 0 bridgehead atoms. The Morgan fingerprint density at radius 1 is 1.33 bits per heavy atom. The summed E-state index contributed by atoms with van der Waals surface area (Å²) in [6.45, 7) is 7.27. The van der Waals surface area contributed by atoms with Gasteiger partial charge in [0.05, 0.1) is 13.2 Å². The lowest BCUT2D eigenvalue weighted by Crippen LogP contribution is -2.51. The van der Waals surface area contributed by atoms with E-state index in [1.165, 1.54) is 7.11 Å². The molecular weight excluding hydrogens is 267 g/mol. The van der Waals surface area contributed by atoms with Gasteiger partial charge in [-0.15, -0.1) is 0 Å². The summed E-state index contributed by atoms with van der Waals surface area (Å²) < 4.78 is 19.8. The molecule has 3 nitrogen and oxygen atoms in total. The number of rotatable bonds is 8. The quantitative estimate of drug-likeness (QED) is 0.793. The number of halogens is 1. The Morgan fingerprint density at radius 3 is 2.48 bits per heavy atom. The third-order valence-electron chi connectivity index (χ3n) is 4.48. The van der Waals surface area contributed by atoms with Crippen LogP contribution in [-0.4, -0.2) is 38.2 Å². The lowest BCUT2D eigenvalue weighted by atomic mass is 9.83. The molecule has 0 fully saturated rings. The molecule has 4 heteroatoms. The van der Waals surface area contributed by atoms with E-state index in [2.05, 4.69) is 31.0 Å². The van der Waals surface area contributed by atoms with Gasteiger partial charge in [-0.05, 0) is 46.5 Å². The van der Waals surface area contributed by atoms with Crippen LogP contribution in [0.25, 0.3) is 0 Å². The Hall–Kier alpha value is -1.13. The molecule has 0 aromatic heterocycles. The number of hydrogen-bond acceptors (Lipinski definition) is 3. The highest BCUT2D eigenvalue weighted by Crippen LogP contribution is 2.36. The Balaban J connectivity index is 3.31. The van der Waals surface area contributed by atoms with E-state index in [-0.39, 0.29) is 17.4 Å². The van der Waals surface area contributed by atoms with Crippen molar-refractivity contribution in [3.63, 3.8) is 0 Å². The molecule has 0 amide bonds. The molecule has 21 heavy (non-hydrogen) atoms. The van der Waals surface area contributed by atoms with Gasteiger partial charge in [-0.2, -0.15) is 0 Å². The first-order chi connectivity index (χ1) is 9.92. The third-order valence-corrected chi connectivity index (χ3v) is 4.48. The smallest absolute Gasteiger partial charge is 0.169 e. The van der Waals surface area contributed by atoms with Gasteiger partial charge in [-0.25, -0.2) is 4.39 Å². The van der Waals surface area contributed by atoms with Crippen LogP contribution in [-0.2, 0) is 0 Å². The molecule has 0 saturated carbocycles. The van der Waals surface area contributed by atoms with Gasteiger partial charge in [-0.3, -0.25) is 0 Å². The third kappa shape index (κ3) is 3.74. The Morgan fingerprint density at radius 2 is 2.00 bits per heavy atom. The Kier molecular flexibility index (Phi) is 6.62. The first-order valence-electron chi connectivity index (χ1n) is 7.65. The molecule has 0 aliphatic carbocycles. The minimum Gasteiger partial charge on any atom is -0.494 e. The standard InChI is InChI=1S/C17H29FN2O/c1-7-12-19-16(17(3,8-2)20(4)5)13-10-9-11-14(21-6)15(13)18/h9-11,16,19H,7-8,12H2,1-6H3. The number of methoxy groups -OCH3 is 1. The van der Waals surface area contributed by atoms with Crippen molar-refractivity contribution in [3.05, 3.63) is 29.6 Å². The van der Waals surface area contributed by atoms with Crippen molar-refractivity contribution in [2.75, 3.05) is 27.7 Å². The monoisotopic (exact) mass is 296 g/mol. The molecule has 2 unspecified atom stereocenters. The fraction of sp³-hybridized carbons (Fsp3) is 0.647. The highest BCUT2D eigenvalue weighted by Gasteiger charge is 2.37. The SMILES string of the molecule is CCCNC(c1cccc(OC)c1F)C(C)(CC)N(C)C. The van der Waals surface area contributed by atoms with Crippen LogP contribution in [0.2, 0.25) is 0 Å². The number of benzene rings is 1. The second kappa shape index (κ2) is 7.76. The van der Waals surface area contributed by atoms with Gasteiger partial charge in [0.15, 0.2) is 11.6 Å². The number of hydrogen-bond donors (Lipinski definition) is 1. The Bertz CT molecular complexity index is 450. The van der Waals surface area contributed by atoms with Crippen LogP contribution in [0.5, 0.6) is 5.75 Å². The van der Waals surface area contributed by atoms with Crippen molar-refractivity contribution in [2.24, 2.45) is 0 Å². The van der Waals surface area contributed by atoms with Gasteiger partial charge in [-0.1, -0.05) is 26.0 Å². The maximum atomic E-state index is 14.7. The Labute approximate surface area is 128 Å². The average Bonchev–Trinajstić information content (AvgIpc) is 2.48. The normalized spacial score (nSPS) is 15.8. The molecule has 1 aromatic rings.